The molecule has 0 aliphatic carbocycles. The van der Waals surface area contributed by atoms with Gasteiger partial charge in [0.15, 0.2) is 5.82 Å². The lowest BCUT2D eigenvalue weighted by molar-refractivity contribution is -0.139. The van der Waals surface area contributed by atoms with Crippen molar-refractivity contribution in [2.75, 3.05) is 29.5 Å². The average Bonchev–Trinajstić information content (AvgIpc) is 2.55. The van der Waals surface area contributed by atoms with E-state index in [1.807, 2.05) is 0 Å². The number of rotatable bonds is 3. The van der Waals surface area contributed by atoms with Crippen LogP contribution >= 0.6 is 11.8 Å². The minimum absolute atomic E-state index is 0.0454. The van der Waals surface area contributed by atoms with E-state index in [1.165, 1.54) is 18.2 Å². The summed E-state index contributed by atoms with van der Waals surface area (Å²) in [4.78, 5) is 10.7. The van der Waals surface area contributed by atoms with Crippen LogP contribution < -0.4 is 16.4 Å². The Bertz CT molecular complexity index is 828. The van der Waals surface area contributed by atoms with Gasteiger partial charge in [0.1, 0.15) is 10.8 Å². The Balaban J connectivity index is 1.83. The highest BCUT2D eigenvalue weighted by molar-refractivity contribution is 7.99. The van der Waals surface area contributed by atoms with Gasteiger partial charge in [-0.2, -0.15) is 13.2 Å². The largest absolute Gasteiger partial charge is 0.419 e. The number of hydrogen-bond acceptors (Lipinski definition) is 6. The van der Waals surface area contributed by atoms with Crippen molar-refractivity contribution in [2.45, 2.75) is 42.8 Å². The second-order valence-electron chi connectivity index (χ2n) is 7.39. The molecule has 0 unspecified atom stereocenters. The van der Waals surface area contributed by atoms with Gasteiger partial charge in [0.05, 0.1) is 11.8 Å². The van der Waals surface area contributed by atoms with E-state index >= 15 is 0 Å². The fourth-order valence-electron chi connectivity index (χ4n) is 3.00. The molecule has 1 aromatic carbocycles. The van der Waals surface area contributed by atoms with Crippen LogP contribution in [0.2, 0.25) is 0 Å². The summed E-state index contributed by atoms with van der Waals surface area (Å²) in [5.41, 5.74) is 10.6. The lowest BCUT2D eigenvalue weighted by atomic mass is 9.83. The molecule has 1 aliphatic rings. The topological polar surface area (TPSA) is 81.1 Å². The lowest BCUT2D eigenvalue weighted by Gasteiger charge is -2.37. The van der Waals surface area contributed by atoms with Gasteiger partial charge in [0.2, 0.25) is 0 Å². The molecule has 0 saturated carbocycles. The summed E-state index contributed by atoms with van der Waals surface area (Å²) < 4.78 is 39.9. The number of nitrogens with two attached hydrogens (primary N) is 2. The van der Waals surface area contributed by atoms with Crippen LogP contribution in [0.25, 0.3) is 0 Å². The lowest BCUT2D eigenvalue weighted by Crippen LogP contribution is -2.37. The Morgan fingerprint density at radius 2 is 1.81 bits per heavy atom. The van der Waals surface area contributed by atoms with Crippen LogP contribution in [0.15, 0.2) is 34.3 Å². The van der Waals surface area contributed by atoms with Crippen molar-refractivity contribution in [3.8, 4) is 0 Å². The van der Waals surface area contributed by atoms with E-state index in [0.717, 1.165) is 37.7 Å². The Hall–Kier alpha value is -2.16. The number of hydrogen-bond donors (Lipinski definition) is 2. The van der Waals surface area contributed by atoms with Crippen molar-refractivity contribution in [1.82, 2.24) is 9.97 Å². The van der Waals surface area contributed by atoms with Crippen LogP contribution in [0.5, 0.6) is 0 Å². The maximum Gasteiger partial charge on any atom is 0.419 e. The Labute approximate surface area is 160 Å². The summed E-state index contributed by atoms with van der Waals surface area (Å²) in [6, 6.07) is 4.05. The summed E-state index contributed by atoms with van der Waals surface area (Å²) in [6.07, 6.45) is -0.931. The molecule has 1 aliphatic heterocycles. The van der Waals surface area contributed by atoms with Crippen molar-refractivity contribution in [3.63, 3.8) is 0 Å². The number of nitrogens with zero attached hydrogens (tertiary/aromatic N) is 3. The smallest absolute Gasteiger partial charge is 0.398 e. The third-order valence-electron chi connectivity index (χ3n) is 4.74. The number of nitrogen functional groups attached to an aromatic ring is 2. The summed E-state index contributed by atoms with van der Waals surface area (Å²) in [5.74, 6) is 0.758. The number of aromatic nitrogens is 2. The molecular weight excluding hydrogens is 375 g/mol. The van der Waals surface area contributed by atoms with Crippen molar-refractivity contribution >= 4 is 29.1 Å². The first-order valence-electron chi connectivity index (χ1n) is 8.58. The maximum atomic E-state index is 13.3. The van der Waals surface area contributed by atoms with Crippen LogP contribution in [0.4, 0.5) is 30.5 Å². The van der Waals surface area contributed by atoms with E-state index in [9.17, 15) is 13.2 Å². The number of anilines is 3. The summed E-state index contributed by atoms with van der Waals surface area (Å²) >= 11 is 0.820. The van der Waals surface area contributed by atoms with Gasteiger partial charge >= 0.3 is 6.18 Å². The molecule has 1 fully saturated rings. The second kappa shape index (κ2) is 7.10. The van der Waals surface area contributed by atoms with Gasteiger partial charge in [-0.3, -0.25) is 0 Å². The van der Waals surface area contributed by atoms with Gasteiger partial charge in [-0.15, -0.1) is 0 Å². The minimum atomic E-state index is -4.56. The fraction of sp³-hybridized carbons (Fsp3) is 0.444. The van der Waals surface area contributed by atoms with Crippen molar-refractivity contribution < 1.29 is 13.2 Å². The van der Waals surface area contributed by atoms with E-state index < -0.39 is 11.7 Å². The fourth-order valence-corrected chi connectivity index (χ4v) is 3.94. The Morgan fingerprint density at radius 3 is 2.41 bits per heavy atom. The standard InChI is InChI=1S/C18H22F3N5S/c1-17(2)6-8-26(9-7-17)13-10-24-16(15(23)25-13)27-12-5-3-4-11(22)14(12)18(19,20)21/h3-5,10H,6-9,22H2,1-2H3,(H2,23,25). The highest BCUT2D eigenvalue weighted by Crippen LogP contribution is 2.43. The monoisotopic (exact) mass is 397 g/mol. The van der Waals surface area contributed by atoms with Gasteiger partial charge in [0, 0.05) is 23.7 Å². The SMILES string of the molecule is CC1(C)CCN(c2cnc(Sc3cccc(N)c3C(F)(F)F)c(N)n2)CC1. The summed E-state index contributed by atoms with van der Waals surface area (Å²) in [5, 5.41) is 0.229. The third-order valence-corrected chi connectivity index (χ3v) is 5.81. The van der Waals surface area contributed by atoms with Crippen LogP contribution in [0.3, 0.4) is 0 Å². The van der Waals surface area contributed by atoms with E-state index in [-0.39, 0.29) is 21.4 Å². The predicted molar refractivity (Wildman–Crippen MR) is 102 cm³/mol. The Morgan fingerprint density at radius 1 is 1.15 bits per heavy atom. The number of halogens is 3. The predicted octanol–water partition coefficient (Wildman–Crippen LogP) is 4.44. The van der Waals surface area contributed by atoms with Gasteiger partial charge in [-0.25, -0.2) is 9.97 Å². The second-order valence-corrected chi connectivity index (χ2v) is 8.42. The highest BCUT2D eigenvalue weighted by atomic mass is 32.2. The van der Waals surface area contributed by atoms with E-state index in [1.54, 1.807) is 6.20 Å². The van der Waals surface area contributed by atoms with E-state index in [0.29, 0.717) is 11.2 Å². The first-order valence-corrected chi connectivity index (χ1v) is 9.39. The first-order chi connectivity index (χ1) is 12.6. The third kappa shape index (κ3) is 4.40. The molecule has 0 bridgehead atoms. The summed E-state index contributed by atoms with van der Waals surface area (Å²) in [7, 11) is 0. The zero-order chi connectivity index (χ0) is 19.8. The van der Waals surface area contributed by atoms with Gasteiger partial charge in [0.25, 0.3) is 0 Å². The average molecular weight is 397 g/mol. The molecule has 0 spiro atoms. The first kappa shape index (κ1) is 19.6. The molecule has 27 heavy (non-hydrogen) atoms. The number of benzene rings is 1. The normalized spacial score (nSPS) is 17.1. The molecule has 1 saturated heterocycles. The van der Waals surface area contributed by atoms with Gasteiger partial charge < -0.3 is 16.4 Å². The molecule has 1 aromatic heterocycles. The highest BCUT2D eigenvalue weighted by Gasteiger charge is 2.36. The molecule has 2 aromatic rings. The molecule has 5 nitrogen and oxygen atoms in total. The van der Waals surface area contributed by atoms with Crippen LogP contribution in [-0.4, -0.2) is 23.1 Å². The molecule has 0 radical (unpaired) electrons. The maximum absolute atomic E-state index is 13.3. The molecule has 3 rings (SSSR count). The quantitative estimate of drug-likeness (QED) is 0.746. The van der Waals surface area contributed by atoms with Crippen LogP contribution in [-0.2, 0) is 6.18 Å². The summed E-state index contributed by atoms with van der Waals surface area (Å²) in [6.45, 7) is 6.16. The van der Waals surface area contributed by atoms with E-state index in [2.05, 4.69) is 28.7 Å². The van der Waals surface area contributed by atoms with Crippen molar-refractivity contribution in [3.05, 3.63) is 30.0 Å². The molecule has 146 valence electrons. The number of alkyl halides is 3. The molecular formula is C18H22F3N5S. The molecule has 9 heteroatoms. The van der Waals surface area contributed by atoms with Crippen molar-refractivity contribution in [2.24, 2.45) is 5.41 Å². The van der Waals surface area contributed by atoms with Gasteiger partial charge in [-0.05, 0) is 30.4 Å². The number of piperidine rings is 1. The van der Waals surface area contributed by atoms with Crippen LogP contribution in [0.1, 0.15) is 32.3 Å². The zero-order valence-electron chi connectivity index (χ0n) is 15.2. The zero-order valence-corrected chi connectivity index (χ0v) is 16.0. The molecule has 0 atom stereocenters. The molecule has 4 N–H and O–H groups in total. The van der Waals surface area contributed by atoms with E-state index in [4.69, 9.17) is 11.5 Å². The van der Waals surface area contributed by atoms with Gasteiger partial charge in [-0.1, -0.05) is 31.7 Å². The minimum Gasteiger partial charge on any atom is -0.398 e. The Kier molecular flexibility index (Phi) is 5.16. The molecule has 2 heterocycles. The van der Waals surface area contributed by atoms with Crippen molar-refractivity contribution in [1.29, 1.82) is 0 Å². The van der Waals surface area contributed by atoms with Crippen LogP contribution in [0, 0.1) is 5.41 Å². The molecule has 0 amide bonds.